The zero-order valence-electron chi connectivity index (χ0n) is 15.1. The van der Waals surface area contributed by atoms with Crippen LogP contribution in [0.5, 0.6) is 0 Å². The molecule has 5 heteroatoms. The molecule has 1 fully saturated rings. The van der Waals surface area contributed by atoms with Crippen molar-refractivity contribution in [3.8, 4) is 0 Å². The van der Waals surface area contributed by atoms with E-state index in [0.29, 0.717) is 6.04 Å². The highest BCUT2D eigenvalue weighted by atomic mass is 32.2. The third-order valence-electron chi connectivity index (χ3n) is 4.75. The number of rotatable bonds is 4. The number of benzene rings is 1. The Hall–Kier alpha value is -1.62. The van der Waals surface area contributed by atoms with Gasteiger partial charge in [-0.2, -0.15) is 0 Å². The molecule has 1 aliphatic carbocycles. The lowest BCUT2D eigenvalue weighted by Gasteiger charge is -2.22. The van der Waals surface area contributed by atoms with Crippen molar-refractivity contribution in [2.75, 3.05) is 0 Å². The molecule has 1 aromatic heterocycles. The van der Waals surface area contributed by atoms with Crippen molar-refractivity contribution in [1.82, 2.24) is 9.55 Å². The molecule has 0 aliphatic heterocycles. The molecule has 0 saturated heterocycles. The van der Waals surface area contributed by atoms with Crippen molar-refractivity contribution in [3.05, 3.63) is 46.8 Å². The van der Waals surface area contributed by atoms with E-state index in [9.17, 15) is 8.42 Å². The molecule has 24 heavy (non-hydrogen) atoms. The van der Waals surface area contributed by atoms with E-state index in [2.05, 4.69) is 37.9 Å². The first-order chi connectivity index (χ1) is 11.1. The Morgan fingerprint density at radius 2 is 1.75 bits per heavy atom. The van der Waals surface area contributed by atoms with Crippen molar-refractivity contribution in [2.24, 2.45) is 0 Å². The summed E-state index contributed by atoms with van der Waals surface area (Å²) in [5.41, 5.74) is 4.25. The summed E-state index contributed by atoms with van der Waals surface area (Å²) >= 11 is 0. The number of imidazole rings is 1. The molecule has 3 rings (SSSR count). The molecule has 1 heterocycles. The molecule has 1 aromatic carbocycles. The minimum Gasteiger partial charge on any atom is -0.319 e. The van der Waals surface area contributed by atoms with E-state index in [1.54, 1.807) is 12.4 Å². The first-order valence-corrected chi connectivity index (χ1v) is 10.1. The number of sulfone groups is 1. The summed E-state index contributed by atoms with van der Waals surface area (Å²) < 4.78 is 27.7. The maximum absolute atomic E-state index is 12.9. The van der Waals surface area contributed by atoms with Crippen LogP contribution in [0.15, 0.2) is 29.7 Å². The molecule has 1 saturated carbocycles. The Balaban J connectivity index is 1.97. The molecule has 0 radical (unpaired) electrons. The zero-order chi connectivity index (χ0) is 17.7. The van der Waals surface area contributed by atoms with Gasteiger partial charge in [0.2, 0.25) is 15.0 Å². The van der Waals surface area contributed by atoms with E-state index in [1.807, 2.05) is 18.4 Å². The van der Waals surface area contributed by atoms with Gasteiger partial charge in [-0.15, -0.1) is 0 Å². The van der Waals surface area contributed by atoms with Crippen LogP contribution in [0.25, 0.3) is 0 Å². The molecule has 0 unspecified atom stereocenters. The molecule has 4 nitrogen and oxygen atoms in total. The minimum atomic E-state index is -3.45. The van der Waals surface area contributed by atoms with E-state index >= 15 is 0 Å². The first-order valence-electron chi connectivity index (χ1n) is 8.46. The Morgan fingerprint density at radius 3 is 2.25 bits per heavy atom. The second kappa shape index (κ2) is 5.73. The van der Waals surface area contributed by atoms with Crippen LogP contribution < -0.4 is 0 Å². The lowest BCUT2D eigenvalue weighted by atomic mass is 9.84. The lowest BCUT2D eigenvalue weighted by Crippen LogP contribution is -2.16. The number of aryl methyl sites for hydroxylation is 2. The summed E-state index contributed by atoms with van der Waals surface area (Å²) in [6.07, 6.45) is 5.45. The number of hydrogen-bond donors (Lipinski definition) is 0. The summed E-state index contributed by atoms with van der Waals surface area (Å²) in [6, 6.07) is 4.54. The first kappa shape index (κ1) is 17.2. The van der Waals surface area contributed by atoms with E-state index < -0.39 is 9.84 Å². The Bertz CT molecular complexity index is 846. The topological polar surface area (TPSA) is 52.0 Å². The predicted octanol–water partition coefficient (Wildman–Crippen LogP) is 4.11. The highest BCUT2D eigenvalue weighted by Crippen LogP contribution is 2.37. The third kappa shape index (κ3) is 3.27. The van der Waals surface area contributed by atoms with Gasteiger partial charge in [-0.25, -0.2) is 13.4 Å². The Morgan fingerprint density at radius 1 is 1.17 bits per heavy atom. The summed E-state index contributed by atoms with van der Waals surface area (Å²) in [7, 11) is -3.45. The van der Waals surface area contributed by atoms with Gasteiger partial charge >= 0.3 is 0 Å². The fraction of sp³-hybridized carbons (Fsp3) is 0.526. The van der Waals surface area contributed by atoms with E-state index in [0.717, 1.165) is 29.5 Å². The second-order valence-electron chi connectivity index (χ2n) is 7.95. The maximum Gasteiger partial charge on any atom is 0.228 e. The molecular weight excluding hydrogens is 320 g/mol. The molecule has 130 valence electrons. The van der Waals surface area contributed by atoms with Crippen LogP contribution in [0, 0.1) is 13.8 Å². The SMILES string of the molecule is Cc1cc(C(C)(C)C)cc(C)c1CS(=O)(=O)c1nccn1C1CC1. The molecule has 0 atom stereocenters. The van der Waals surface area contributed by atoms with Gasteiger partial charge in [0.1, 0.15) is 0 Å². The van der Waals surface area contributed by atoms with Crippen molar-refractivity contribution in [2.45, 2.75) is 69.8 Å². The fourth-order valence-electron chi connectivity index (χ4n) is 3.08. The Labute approximate surface area is 144 Å². The largest absolute Gasteiger partial charge is 0.319 e. The van der Waals surface area contributed by atoms with Gasteiger partial charge in [-0.1, -0.05) is 32.9 Å². The second-order valence-corrected chi connectivity index (χ2v) is 9.83. The number of aromatic nitrogens is 2. The smallest absolute Gasteiger partial charge is 0.228 e. The molecule has 0 bridgehead atoms. The Kier molecular flexibility index (Phi) is 4.11. The zero-order valence-corrected chi connectivity index (χ0v) is 15.9. The number of hydrogen-bond acceptors (Lipinski definition) is 3. The fourth-order valence-corrected chi connectivity index (χ4v) is 4.80. The normalized spacial score (nSPS) is 15.7. The van der Waals surface area contributed by atoms with Crippen LogP contribution in [0.1, 0.15) is 61.9 Å². The van der Waals surface area contributed by atoms with Crippen LogP contribution in [0.3, 0.4) is 0 Å². The molecule has 2 aromatic rings. The summed E-state index contributed by atoms with van der Waals surface area (Å²) in [5.74, 6) is 0.0127. The van der Waals surface area contributed by atoms with E-state index in [4.69, 9.17) is 0 Å². The van der Waals surface area contributed by atoms with Gasteiger partial charge in [-0.3, -0.25) is 0 Å². The minimum absolute atomic E-state index is 0.0127. The van der Waals surface area contributed by atoms with Crippen LogP contribution in [-0.4, -0.2) is 18.0 Å². The van der Waals surface area contributed by atoms with Crippen LogP contribution in [-0.2, 0) is 21.0 Å². The van der Waals surface area contributed by atoms with Crippen molar-refractivity contribution < 1.29 is 8.42 Å². The van der Waals surface area contributed by atoms with Crippen molar-refractivity contribution in [3.63, 3.8) is 0 Å². The highest BCUT2D eigenvalue weighted by Gasteiger charge is 2.31. The summed E-state index contributed by atoms with van der Waals surface area (Å²) in [5, 5.41) is 0.212. The van der Waals surface area contributed by atoms with Gasteiger partial charge in [0.15, 0.2) is 0 Å². The molecule has 0 amide bonds. The summed E-state index contributed by atoms with van der Waals surface area (Å²) in [4.78, 5) is 4.14. The quantitative estimate of drug-likeness (QED) is 0.837. The van der Waals surface area contributed by atoms with Crippen molar-refractivity contribution >= 4 is 9.84 Å². The third-order valence-corrected chi connectivity index (χ3v) is 6.29. The van der Waals surface area contributed by atoms with Crippen molar-refractivity contribution in [1.29, 1.82) is 0 Å². The molecular formula is C19H26N2O2S. The van der Waals surface area contributed by atoms with Gasteiger partial charge < -0.3 is 4.57 Å². The lowest BCUT2D eigenvalue weighted by molar-refractivity contribution is 0.564. The predicted molar refractivity (Wildman–Crippen MR) is 96.0 cm³/mol. The number of nitrogens with zero attached hydrogens (tertiary/aromatic N) is 2. The standard InChI is InChI=1S/C19H26N2O2S/c1-13-10-15(19(3,4)5)11-14(2)17(13)12-24(22,23)18-20-8-9-21(18)16-6-7-16/h8-11,16H,6-7,12H2,1-5H3. The van der Waals surface area contributed by atoms with Gasteiger partial charge in [0, 0.05) is 18.4 Å². The van der Waals surface area contributed by atoms with Gasteiger partial charge in [0.25, 0.3) is 0 Å². The molecule has 0 N–H and O–H groups in total. The van der Waals surface area contributed by atoms with Gasteiger partial charge in [-0.05, 0) is 54.4 Å². The molecule has 1 aliphatic rings. The van der Waals surface area contributed by atoms with E-state index in [1.165, 1.54) is 5.56 Å². The van der Waals surface area contributed by atoms with Crippen LogP contribution in [0.2, 0.25) is 0 Å². The van der Waals surface area contributed by atoms with Crippen LogP contribution >= 0.6 is 0 Å². The monoisotopic (exact) mass is 346 g/mol. The average Bonchev–Trinajstić information content (AvgIpc) is 3.18. The van der Waals surface area contributed by atoms with E-state index in [-0.39, 0.29) is 16.3 Å². The highest BCUT2D eigenvalue weighted by molar-refractivity contribution is 7.90. The molecule has 0 spiro atoms. The average molecular weight is 346 g/mol. The van der Waals surface area contributed by atoms with Gasteiger partial charge in [0.05, 0.1) is 5.75 Å². The van der Waals surface area contributed by atoms with Crippen LogP contribution in [0.4, 0.5) is 0 Å². The maximum atomic E-state index is 12.9. The summed E-state index contributed by atoms with van der Waals surface area (Å²) in [6.45, 7) is 10.5.